The van der Waals surface area contributed by atoms with Crippen LogP contribution in [0.2, 0.25) is 0 Å². The maximum Gasteiger partial charge on any atom is 0.197 e. The number of aldehydes is 1. The van der Waals surface area contributed by atoms with Crippen molar-refractivity contribution in [2.45, 2.75) is 33.1 Å². The average molecular weight is 142 g/mol. The zero-order valence-electron chi connectivity index (χ0n) is 6.59. The van der Waals surface area contributed by atoms with Crippen molar-refractivity contribution in [2.75, 3.05) is 0 Å². The maximum absolute atomic E-state index is 10.6. The lowest BCUT2D eigenvalue weighted by molar-refractivity contribution is -0.132. The zero-order valence-corrected chi connectivity index (χ0v) is 6.59. The highest BCUT2D eigenvalue weighted by atomic mass is 16.2. The van der Waals surface area contributed by atoms with Crippen molar-refractivity contribution < 1.29 is 9.59 Å². The molecule has 0 aliphatic heterocycles. The van der Waals surface area contributed by atoms with E-state index >= 15 is 0 Å². The number of rotatable bonds is 5. The van der Waals surface area contributed by atoms with Gasteiger partial charge in [0.05, 0.1) is 0 Å². The van der Waals surface area contributed by atoms with Crippen LogP contribution >= 0.6 is 0 Å². The molecule has 0 aliphatic rings. The van der Waals surface area contributed by atoms with Gasteiger partial charge in [0, 0.05) is 5.92 Å². The standard InChI is InChI=1S/C8H14O2/c1-3-4-5-7(2)8(10)6-9/h6-7H,3-5H2,1-2H3/t7-/m0/s1. The third kappa shape index (κ3) is 3.38. The molecule has 0 aromatic rings. The second kappa shape index (κ2) is 5.15. The van der Waals surface area contributed by atoms with Gasteiger partial charge in [-0.25, -0.2) is 0 Å². The molecule has 0 bridgehead atoms. The molecule has 0 heterocycles. The molecule has 2 nitrogen and oxygen atoms in total. The third-order valence-electron chi connectivity index (χ3n) is 1.59. The molecule has 0 unspecified atom stereocenters. The minimum Gasteiger partial charge on any atom is -0.295 e. The molecule has 58 valence electrons. The summed E-state index contributed by atoms with van der Waals surface area (Å²) in [5.74, 6) is -0.342. The maximum atomic E-state index is 10.6. The lowest BCUT2D eigenvalue weighted by atomic mass is 10.0. The third-order valence-corrected chi connectivity index (χ3v) is 1.59. The molecule has 0 N–H and O–H groups in total. The van der Waals surface area contributed by atoms with E-state index in [0.717, 1.165) is 19.3 Å². The van der Waals surface area contributed by atoms with Crippen molar-refractivity contribution in [3.63, 3.8) is 0 Å². The Morgan fingerprint density at radius 3 is 2.60 bits per heavy atom. The summed E-state index contributed by atoms with van der Waals surface area (Å²) in [4.78, 5) is 20.6. The van der Waals surface area contributed by atoms with Crippen LogP contribution in [0, 0.1) is 5.92 Å². The first kappa shape index (κ1) is 9.34. The Labute approximate surface area is 61.6 Å². The second-order valence-corrected chi connectivity index (χ2v) is 2.56. The van der Waals surface area contributed by atoms with E-state index in [9.17, 15) is 9.59 Å². The van der Waals surface area contributed by atoms with Crippen LogP contribution in [0.15, 0.2) is 0 Å². The number of ketones is 1. The highest BCUT2D eigenvalue weighted by molar-refractivity contribution is 6.25. The van der Waals surface area contributed by atoms with E-state index in [2.05, 4.69) is 6.92 Å². The summed E-state index contributed by atoms with van der Waals surface area (Å²) in [7, 11) is 0. The quantitative estimate of drug-likeness (QED) is 0.431. The van der Waals surface area contributed by atoms with Crippen LogP contribution in [0.25, 0.3) is 0 Å². The molecule has 10 heavy (non-hydrogen) atoms. The normalized spacial score (nSPS) is 12.6. The van der Waals surface area contributed by atoms with Gasteiger partial charge in [0.25, 0.3) is 0 Å². The number of carbonyl (C=O) groups excluding carboxylic acids is 2. The van der Waals surface area contributed by atoms with Gasteiger partial charge in [-0.05, 0) is 6.42 Å². The number of carbonyl (C=O) groups is 2. The van der Waals surface area contributed by atoms with Crippen molar-refractivity contribution >= 4 is 12.1 Å². The summed E-state index contributed by atoms with van der Waals surface area (Å²) in [6.45, 7) is 3.87. The molecule has 0 saturated carbocycles. The van der Waals surface area contributed by atoms with Crippen molar-refractivity contribution in [2.24, 2.45) is 5.92 Å². The lowest BCUT2D eigenvalue weighted by Crippen LogP contribution is -2.11. The van der Waals surface area contributed by atoms with Crippen molar-refractivity contribution in [3.8, 4) is 0 Å². The Morgan fingerprint density at radius 1 is 1.60 bits per heavy atom. The summed E-state index contributed by atoms with van der Waals surface area (Å²) < 4.78 is 0. The van der Waals surface area contributed by atoms with Gasteiger partial charge in [-0.2, -0.15) is 0 Å². The van der Waals surface area contributed by atoms with Crippen LogP contribution < -0.4 is 0 Å². The summed E-state index contributed by atoms with van der Waals surface area (Å²) in [6.07, 6.45) is 3.37. The SMILES string of the molecule is CCCC[C@H](C)C(=O)C=O. The van der Waals surface area contributed by atoms with Gasteiger partial charge in [0.15, 0.2) is 12.1 Å². The van der Waals surface area contributed by atoms with E-state index in [0.29, 0.717) is 6.29 Å². The van der Waals surface area contributed by atoms with Gasteiger partial charge in [-0.3, -0.25) is 9.59 Å². The van der Waals surface area contributed by atoms with E-state index in [1.54, 1.807) is 6.92 Å². The van der Waals surface area contributed by atoms with Crippen LogP contribution in [0.5, 0.6) is 0 Å². The Morgan fingerprint density at radius 2 is 2.20 bits per heavy atom. The average Bonchev–Trinajstić information content (AvgIpc) is 1.98. The predicted octanol–water partition coefficient (Wildman–Crippen LogP) is 1.58. The topological polar surface area (TPSA) is 34.1 Å². The minimum atomic E-state index is -0.270. The summed E-state index contributed by atoms with van der Waals surface area (Å²) in [5.41, 5.74) is 0. The highest BCUT2D eigenvalue weighted by Gasteiger charge is 2.09. The smallest absolute Gasteiger partial charge is 0.197 e. The molecule has 2 heteroatoms. The first-order chi connectivity index (χ1) is 4.72. The fourth-order valence-corrected chi connectivity index (χ4v) is 0.769. The van der Waals surface area contributed by atoms with Crippen molar-refractivity contribution in [3.05, 3.63) is 0 Å². The molecule has 0 aromatic carbocycles. The van der Waals surface area contributed by atoms with Gasteiger partial charge in [-0.1, -0.05) is 26.7 Å². The largest absolute Gasteiger partial charge is 0.295 e. The molecule has 0 aromatic heterocycles. The molecule has 1 atom stereocenters. The Balaban J connectivity index is 3.51. The van der Waals surface area contributed by atoms with Crippen LogP contribution in [0.4, 0.5) is 0 Å². The number of unbranched alkanes of at least 4 members (excludes halogenated alkanes) is 1. The van der Waals surface area contributed by atoms with E-state index in [1.165, 1.54) is 0 Å². The Kier molecular flexibility index (Phi) is 4.81. The molecule has 0 saturated heterocycles. The monoisotopic (exact) mass is 142 g/mol. The van der Waals surface area contributed by atoms with E-state index in [-0.39, 0.29) is 11.7 Å². The Hall–Kier alpha value is -0.660. The van der Waals surface area contributed by atoms with Crippen LogP contribution in [-0.4, -0.2) is 12.1 Å². The molecule has 0 amide bonds. The molecule has 0 radical (unpaired) electrons. The summed E-state index contributed by atoms with van der Waals surface area (Å²) >= 11 is 0. The minimum absolute atomic E-state index is 0.0718. The molecule has 0 aliphatic carbocycles. The fourth-order valence-electron chi connectivity index (χ4n) is 0.769. The first-order valence-electron chi connectivity index (χ1n) is 3.71. The van der Waals surface area contributed by atoms with Crippen molar-refractivity contribution in [1.29, 1.82) is 0 Å². The first-order valence-corrected chi connectivity index (χ1v) is 3.71. The summed E-state index contributed by atoms with van der Waals surface area (Å²) in [5, 5.41) is 0. The van der Waals surface area contributed by atoms with Gasteiger partial charge >= 0.3 is 0 Å². The molecular weight excluding hydrogens is 128 g/mol. The lowest BCUT2D eigenvalue weighted by Gasteiger charge is -2.02. The van der Waals surface area contributed by atoms with Gasteiger partial charge in [-0.15, -0.1) is 0 Å². The predicted molar refractivity (Wildman–Crippen MR) is 39.8 cm³/mol. The van der Waals surface area contributed by atoms with Crippen LogP contribution in [-0.2, 0) is 9.59 Å². The van der Waals surface area contributed by atoms with E-state index in [1.807, 2.05) is 0 Å². The van der Waals surface area contributed by atoms with E-state index in [4.69, 9.17) is 0 Å². The second-order valence-electron chi connectivity index (χ2n) is 2.56. The van der Waals surface area contributed by atoms with Gasteiger partial charge < -0.3 is 0 Å². The molecular formula is C8H14O2. The zero-order chi connectivity index (χ0) is 7.98. The fraction of sp³-hybridized carbons (Fsp3) is 0.750. The van der Waals surface area contributed by atoms with Crippen LogP contribution in [0.3, 0.4) is 0 Å². The van der Waals surface area contributed by atoms with Gasteiger partial charge in [0.1, 0.15) is 0 Å². The number of hydrogen-bond acceptors (Lipinski definition) is 2. The Bertz CT molecular complexity index is 118. The molecule has 0 spiro atoms. The number of hydrogen-bond donors (Lipinski definition) is 0. The van der Waals surface area contributed by atoms with Crippen molar-refractivity contribution in [1.82, 2.24) is 0 Å². The highest BCUT2D eigenvalue weighted by Crippen LogP contribution is 2.06. The number of Topliss-reactive ketones (excluding diaryl/α,β-unsaturated/α-hetero) is 1. The van der Waals surface area contributed by atoms with Crippen LogP contribution in [0.1, 0.15) is 33.1 Å². The van der Waals surface area contributed by atoms with Gasteiger partial charge in [0.2, 0.25) is 0 Å². The molecule has 0 rings (SSSR count). The molecule has 0 fully saturated rings. The van der Waals surface area contributed by atoms with E-state index < -0.39 is 0 Å². The summed E-state index contributed by atoms with van der Waals surface area (Å²) in [6, 6.07) is 0.